The van der Waals surface area contributed by atoms with Crippen LogP contribution in [-0.4, -0.2) is 25.4 Å². The molecule has 0 N–H and O–H groups in total. The summed E-state index contributed by atoms with van der Waals surface area (Å²) in [7, 11) is -1.29. The van der Waals surface area contributed by atoms with Crippen molar-refractivity contribution in [2.45, 2.75) is 51.2 Å². The third kappa shape index (κ3) is 10.5. The third-order valence-corrected chi connectivity index (χ3v) is 4.45. The third-order valence-electron chi connectivity index (χ3n) is 2.23. The van der Waals surface area contributed by atoms with Gasteiger partial charge in [-0.2, -0.15) is 4.40 Å². The molecule has 0 fully saturated rings. The van der Waals surface area contributed by atoms with Crippen molar-refractivity contribution < 1.29 is 13.8 Å². The fourth-order valence-electron chi connectivity index (χ4n) is 1.28. The van der Waals surface area contributed by atoms with Crippen molar-refractivity contribution in [2.24, 2.45) is 4.40 Å². The molecule has 0 aliphatic heterocycles. The molecular weight excluding hydrogens is 350 g/mol. The Morgan fingerprint density at radius 1 is 1.26 bits per heavy atom. The highest BCUT2D eigenvalue weighted by Gasteiger charge is 2.18. The maximum Gasteiger partial charge on any atom is 0.190 e. The van der Waals surface area contributed by atoms with Gasteiger partial charge in [-0.05, 0) is 39.8 Å². The molecule has 0 aromatic heterocycles. The Morgan fingerprint density at radius 3 is 2.22 bits per heavy atom. The molecule has 1 unspecified atom stereocenters. The van der Waals surface area contributed by atoms with Crippen LogP contribution in [0.3, 0.4) is 0 Å². The van der Waals surface area contributed by atoms with Crippen molar-refractivity contribution in [2.75, 3.05) is 0 Å². The van der Waals surface area contributed by atoms with Crippen molar-refractivity contribution >= 4 is 51.8 Å². The van der Waals surface area contributed by atoms with Gasteiger partial charge < -0.3 is 0 Å². The van der Waals surface area contributed by atoms with Gasteiger partial charge in [0.05, 0.1) is 4.75 Å². The lowest BCUT2D eigenvalue weighted by atomic mass is 10.1. The summed E-state index contributed by atoms with van der Waals surface area (Å²) >= 11 is 4.49. The van der Waals surface area contributed by atoms with Crippen LogP contribution < -0.4 is 0 Å². The Balaban J connectivity index is 0.00000108. The van der Waals surface area contributed by atoms with E-state index >= 15 is 0 Å². The van der Waals surface area contributed by atoms with E-state index in [1.165, 1.54) is 13.8 Å². The van der Waals surface area contributed by atoms with Gasteiger partial charge in [0.1, 0.15) is 11.0 Å². The van der Waals surface area contributed by atoms with Crippen LogP contribution in [0.5, 0.6) is 0 Å². The molecule has 7 heteroatoms. The number of carbonyl (C=O) groups is 2. The molecule has 0 radical (unpaired) electrons. The molecule has 0 amide bonds. The van der Waals surface area contributed by atoms with Crippen LogP contribution in [0.4, 0.5) is 0 Å². The van der Waals surface area contributed by atoms with Gasteiger partial charge in [0.2, 0.25) is 0 Å². The number of rotatable bonds is 3. The number of benzene rings is 1. The van der Waals surface area contributed by atoms with Gasteiger partial charge in [-0.15, -0.1) is 12.6 Å². The number of hydrogen-bond acceptors (Lipinski definition) is 4. The summed E-state index contributed by atoms with van der Waals surface area (Å²) in [5.74, 6) is 0. The van der Waals surface area contributed by atoms with Crippen molar-refractivity contribution in [3.8, 4) is 0 Å². The van der Waals surface area contributed by atoms with Gasteiger partial charge in [-0.25, -0.2) is 4.21 Å². The quantitative estimate of drug-likeness (QED) is 0.494. The van der Waals surface area contributed by atoms with E-state index in [2.05, 4.69) is 17.0 Å². The lowest BCUT2D eigenvalue weighted by Gasteiger charge is -2.13. The highest BCUT2D eigenvalue weighted by Crippen LogP contribution is 2.23. The second kappa shape index (κ2) is 10.1. The van der Waals surface area contributed by atoms with E-state index in [4.69, 9.17) is 0 Å². The molecule has 0 aliphatic carbocycles. The van der Waals surface area contributed by atoms with E-state index < -0.39 is 11.0 Å². The zero-order valence-corrected chi connectivity index (χ0v) is 16.8. The fraction of sp³-hybridized carbons (Fsp3) is 0.438. The standard InChI is InChI=1S/C14H19NO2S2.C2H4OS/c1-10-6-7-13(18-11(2)16)12(8-10)9-15-19(17)14(3,4)5;1-2(3)4/h6-9H,1-5H3;1H3,(H,3,4). The Morgan fingerprint density at radius 2 is 1.78 bits per heavy atom. The van der Waals surface area contributed by atoms with Crippen LogP contribution in [0, 0.1) is 6.92 Å². The van der Waals surface area contributed by atoms with E-state index in [0.29, 0.717) is 0 Å². The Bertz CT molecular complexity index is 615. The molecule has 23 heavy (non-hydrogen) atoms. The number of nitrogens with zero attached hydrogens (tertiary/aromatic N) is 1. The highest BCUT2D eigenvalue weighted by atomic mass is 32.2. The van der Waals surface area contributed by atoms with Crippen molar-refractivity contribution in [1.29, 1.82) is 0 Å². The zero-order valence-electron chi connectivity index (χ0n) is 14.2. The molecule has 0 bridgehead atoms. The normalized spacial score (nSPS) is 12.5. The van der Waals surface area contributed by atoms with Crippen LogP contribution in [-0.2, 0) is 20.6 Å². The van der Waals surface area contributed by atoms with Gasteiger partial charge in [0.25, 0.3) is 0 Å². The summed E-state index contributed by atoms with van der Waals surface area (Å²) in [5, 5.41) is -0.115. The number of hydrogen-bond donors (Lipinski definition) is 1. The minimum absolute atomic E-state index is 0.0236. The summed E-state index contributed by atoms with van der Waals surface area (Å²) in [4.78, 5) is 21.4. The zero-order chi connectivity index (χ0) is 18.2. The Kier molecular flexibility index (Phi) is 9.65. The first-order chi connectivity index (χ1) is 10.4. The topological polar surface area (TPSA) is 63.6 Å². The average Bonchev–Trinajstić information content (AvgIpc) is 2.36. The van der Waals surface area contributed by atoms with Crippen LogP contribution in [0.15, 0.2) is 27.5 Å². The summed E-state index contributed by atoms with van der Waals surface area (Å²) < 4.78 is 15.6. The first kappa shape index (κ1) is 22.1. The van der Waals surface area contributed by atoms with Gasteiger partial charge >= 0.3 is 0 Å². The van der Waals surface area contributed by atoms with Crippen molar-refractivity contribution in [3.63, 3.8) is 0 Å². The molecule has 1 aromatic carbocycles. The molecule has 0 spiro atoms. The van der Waals surface area contributed by atoms with Crippen LogP contribution in [0.25, 0.3) is 0 Å². The van der Waals surface area contributed by atoms with Crippen molar-refractivity contribution in [3.05, 3.63) is 29.3 Å². The second-order valence-corrected chi connectivity index (χ2v) is 9.53. The van der Waals surface area contributed by atoms with Gasteiger partial charge in [0.15, 0.2) is 10.2 Å². The molecule has 0 saturated carbocycles. The molecule has 128 valence electrons. The number of thioether (sulfide) groups is 1. The molecule has 0 saturated heterocycles. The molecule has 4 nitrogen and oxygen atoms in total. The molecule has 1 aromatic rings. The van der Waals surface area contributed by atoms with E-state index in [1.54, 1.807) is 6.21 Å². The highest BCUT2D eigenvalue weighted by molar-refractivity contribution is 8.13. The molecular formula is C16H23NO3S3. The molecule has 1 atom stereocenters. The first-order valence-corrected chi connectivity index (χ1v) is 9.25. The van der Waals surface area contributed by atoms with E-state index in [-0.39, 0.29) is 15.0 Å². The van der Waals surface area contributed by atoms with Gasteiger partial charge in [-0.3, -0.25) is 9.59 Å². The number of thiol groups is 1. The smallest absolute Gasteiger partial charge is 0.190 e. The Labute approximate surface area is 150 Å². The second-order valence-electron chi connectivity index (χ2n) is 5.75. The van der Waals surface area contributed by atoms with Gasteiger partial charge in [-0.1, -0.05) is 23.4 Å². The fourth-order valence-corrected chi connectivity index (χ4v) is 2.48. The number of carbonyl (C=O) groups excluding carboxylic acids is 2. The van der Waals surface area contributed by atoms with E-state index in [9.17, 15) is 13.8 Å². The summed E-state index contributed by atoms with van der Waals surface area (Å²) in [6.07, 6.45) is 1.60. The molecule has 0 aliphatic rings. The summed E-state index contributed by atoms with van der Waals surface area (Å²) in [5.41, 5.74) is 1.91. The molecule has 1 rings (SSSR count). The minimum Gasteiger partial charge on any atom is -0.288 e. The lowest BCUT2D eigenvalue weighted by Crippen LogP contribution is -2.19. The summed E-state index contributed by atoms with van der Waals surface area (Å²) in [6.45, 7) is 10.5. The largest absolute Gasteiger partial charge is 0.288 e. The minimum atomic E-state index is -1.29. The van der Waals surface area contributed by atoms with Gasteiger partial charge in [0, 0.05) is 30.5 Å². The number of aryl methyl sites for hydroxylation is 1. The van der Waals surface area contributed by atoms with E-state index in [1.807, 2.05) is 45.9 Å². The van der Waals surface area contributed by atoms with E-state index in [0.717, 1.165) is 27.8 Å². The maximum absolute atomic E-state index is 11.9. The monoisotopic (exact) mass is 373 g/mol. The van der Waals surface area contributed by atoms with Crippen molar-refractivity contribution in [1.82, 2.24) is 0 Å². The molecule has 0 heterocycles. The summed E-state index contributed by atoms with van der Waals surface area (Å²) in [6, 6.07) is 5.78. The van der Waals surface area contributed by atoms with Crippen LogP contribution >= 0.6 is 24.4 Å². The SMILES string of the molecule is CC(=O)S.CC(=O)Sc1ccc(C)cc1C=NS(=O)C(C)(C)C. The first-order valence-electron chi connectivity index (χ1n) is 6.88. The van der Waals surface area contributed by atoms with Crippen LogP contribution in [0.1, 0.15) is 45.7 Å². The predicted molar refractivity (Wildman–Crippen MR) is 103 cm³/mol. The lowest BCUT2D eigenvalue weighted by molar-refractivity contribution is -0.109. The predicted octanol–water partition coefficient (Wildman–Crippen LogP) is 3.98. The average molecular weight is 374 g/mol. The Hall–Kier alpha value is -0.920. The maximum atomic E-state index is 11.9. The van der Waals surface area contributed by atoms with Crippen LogP contribution in [0.2, 0.25) is 0 Å².